The topological polar surface area (TPSA) is 68.4 Å². The first kappa shape index (κ1) is 22.6. The molecule has 2 aliphatic heterocycles. The largest absolute Gasteiger partial charge is 0.360 e. The van der Waals surface area contributed by atoms with Crippen molar-refractivity contribution in [3.05, 3.63) is 64.8 Å². The van der Waals surface area contributed by atoms with Gasteiger partial charge in [0.05, 0.1) is 5.02 Å². The van der Waals surface area contributed by atoms with Crippen molar-refractivity contribution in [2.24, 2.45) is 5.92 Å². The SMILES string of the molecule is O=C(NCC1CC(=O)N(c2ccc(C3(CN4CCCC4)CC3)cc2)C1)c1ccc2[nH]cc(Cl)c2c1. The number of rotatable bonds is 7. The molecular weight excluding hydrogens is 460 g/mol. The van der Waals surface area contributed by atoms with Crippen molar-refractivity contribution in [2.75, 3.05) is 37.6 Å². The molecule has 1 atom stereocenters. The second-order valence-electron chi connectivity index (χ2n) is 10.5. The molecule has 6 rings (SSSR count). The van der Waals surface area contributed by atoms with E-state index < -0.39 is 0 Å². The molecule has 3 fully saturated rings. The number of carbonyl (C=O) groups is 2. The third kappa shape index (κ3) is 4.45. The number of likely N-dealkylation sites (tertiary alicyclic amines) is 1. The zero-order valence-corrected chi connectivity index (χ0v) is 20.6. The molecule has 1 saturated carbocycles. The molecule has 1 unspecified atom stereocenters. The fourth-order valence-corrected chi connectivity index (χ4v) is 6.00. The number of aromatic nitrogens is 1. The molecule has 3 aromatic rings. The summed E-state index contributed by atoms with van der Waals surface area (Å²) in [5, 5.41) is 4.44. The summed E-state index contributed by atoms with van der Waals surface area (Å²) in [6, 6.07) is 14.1. The number of anilines is 1. The summed E-state index contributed by atoms with van der Waals surface area (Å²) in [7, 11) is 0. The van der Waals surface area contributed by atoms with Crippen molar-refractivity contribution >= 4 is 40.0 Å². The molecule has 2 amide bonds. The van der Waals surface area contributed by atoms with Crippen LogP contribution in [-0.4, -0.2) is 54.4 Å². The summed E-state index contributed by atoms with van der Waals surface area (Å²) >= 11 is 6.19. The highest BCUT2D eigenvalue weighted by atomic mass is 35.5. The fraction of sp³-hybridized carbons (Fsp3) is 0.429. The van der Waals surface area contributed by atoms with Crippen molar-refractivity contribution in [1.82, 2.24) is 15.2 Å². The molecule has 0 bridgehead atoms. The highest BCUT2D eigenvalue weighted by Crippen LogP contribution is 2.49. The number of aromatic amines is 1. The normalized spacial score (nSPS) is 21.7. The molecule has 182 valence electrons. The number of hydrogen-bond acceptors (Lipinski definition) is 3. The minimum atomic E-state index is -0.146. The number of halogens is 1. The second kappa shape index (κ2) is 8.99. The van der Waals surface area contributed by atoms with Crippen LogP contribution in [0.1, 0.15) is 48.0 Å². The molecule has 2 N–H and O–H groups in total. The Morgan fingerprint density at radius 3 is 2.63 bits per heavy atom. The van der Waals surface area contributed by atoms with Gasteiger partial charge < -0.3 is 20.1 Å². The van der Waals surface area contributed by atoms with Gasteiger partial charge in [0, 0.05) is 65.7 Å². The molecule has 35 heavy (non-hydrogen) atoms. The van der Waals surface area contributed by atoms with E-state index >= 15 is 0 Å². The van der Waals surface area contributed by atoms with Crippen LogP contribution in [0.5, 0.6) is 0 Å². The lowest BCUT2D eigenvalue weighted by molar-refractivity contribution is -0.117. The molecule has 1 aromatic heterocycles. The van der Waals surface area contributed by atoms with E-state index in [9.17, 15) is 9.59 Å². The number of H-pyrrole nitrogens is 1. The van der Waals surface area contributed by atoms with Gasteiger partial charge >= 0.3 is 0 Å². The van der Waals surface area contributed by atoms with Crippen LogP contribution in [0.25, 0.3) is 10.9 Å². The van der Waals surface area contributed by atoms with Crippen LogP contribution in [0.3, 0.4) is 0 Å². The van der Waals surface area contributed by atoms with Gasteiger partial charge in [-0.05, 0) is 74.7 Å². The summed E-state index contributed by atoms with van der Waals surface area (Å²) in [5.74, 6) is 0.0681. The molecular formula is C28H31ClN4O2. The number of fused-ring (bicyclic) bond motifs is 1. The van der Waals surface area contributed by atoms with Crippen LogP contribution in [-0.2, 0) is 10.2 Å². The highest BCUT2D eigenvalue weighted by molar-refractivity contribution is 6.35. The molecule has 1 aliphatic carbocycles. The summed E-state index contributed by atoms with van der Waals surface area (Å²) in [4.78, 5) is 33.0. The lowest BCUT2D eigenvalue weighted by Gasteiger charge is -2.24. The minimum Gasteiger partial charge on any atom is -0.360 e. The Balaban J connectivity index is 1.06. The maximum absolute atomic E-state index is 12.8. The van der Waals surface area contributed by atoms with Crippen molar-refractivity contribution in [3.8, 4) is 0 Å². The van der Waals surface area contributed by atoms with E-state index in [4.69, 9.17) is 11.6 Å². The molecule has 6 nitrogen and oxygen atoms in total. The van der Waals surface area contributed by atoms with Crippen LogP contribution in [0, 0.1) is 5.92 Å². The smallest absolute Gasteiger partial charge is 0.251 e. The van der Waals surface area contributed by atoms with E-state index in [1.54, 1.807) is 18.3 Å². The summed E-state index contributed by atoms with van der Waals surface area (Å²) in [5.41, 5.74) is 4.15. The molecule has 0 spiro atoms. The first-order chi connectivity index (χ1) is 17.0. The van der Waals surface area contributed by atoms with E-state index in [1.165, 1.54) is 50.9 Å². The van der Waals surface area contributed by atoms with Crippen LogP contribution in [0.2, 0.25) is 5.02 Å². The molecule has 2 saturated heterocycles. The first-order valence-electron chi connectivity index (χ1n) is 12.7. The summed E-state index contributed by atoms with van der Waals surface area (Å²) < 4.78 is 0. The minimum absolute atomic E-state index is 0.0932. The molecule has 3 aliphatic rings. The van der Waals surface area contributed by atoms with E-state index in [2.05, 4.69) is 39.5 Å². The lowest BCUT2D eigenvalue weighted by atomic mass is 9.95. The number of benzene rings is 2. The number of nitrogens with zero attached hydrogens (tertiary/aromatic N) is 2. The Hall–Kier alpha value is -2.83. The van der Waals surface area contributed by atoms with Crippen LogP contribution in [0.15, 0.2) is 48.7 Å². The summed E-state index contributed by atoms with van der Waals surface area (Å²) in [6.07, 6.45) is 7.34. The van der Waals surface area contributed by atoms with E-state index in [-0.39, 0.29) is 17.7 Å². The Labute approximate surface area is 210 Å². The number of nitrogens with one attached hydrogen (secondary N) is 2. The maximum Gasteiger partial charge on any atom is 0.251 e. The van der Waals surface area contributed by atoms with E-state index in [0.717, 1.165) is 16.6 Å². The number of carbonyl (C=O) groups excluding carboxylic acids is 2. The van der Waals surface area contributed by atoms with Crippen LogP contribution >= 0.6 is 11.6 Å². The van der Waals surface area contributed by atoms with Crippen molar-refractivity contribution in [1.29, 1.82) is 0 Å². The molecule has 3 heterocycles. The molecule has 7 heteroatoms. The fourth-order valence-electron chi connectivity index (χ4n) is 5.79. The quantitative estimate of drug-likeness (QED) is 0.503. The van der Waals surface area contributed by atoms with Gasteiger partial charge in [-0.1, -0.05) is 23.7 Å². The average molecular weight is 491 g/mol. The van der Waals surface area contributed by atoms with Gasteiger partial charge in [0.1, 0.15) is 0 Å². The van der Waals surface area contributed by atoms with Crippen LogP contribution < -0.4 is 10.2 Å². The lowest BCUT2D eigenvalue weighted by Crippen LogP contribution is -2.31. The van der Waals surface area contributed by atoms with Crippen molar-refractivity contribution in [3.63, 3.8) is 0 Å². The molecule has 2 aromatic carbocycles. The average Bonchev–Trinajstić information content (AvgIpc) is 3.16. The maximum atomic E-state index is 12.8. The van der Waals surface area contributed by atoms with Gasteiger partial charge in [-0.15, -0.1) is 0 Å². The zero-order chi connectivity index (χ0) is 24.0. The predicted octanol–water partition coefficient (Wildman–Crippen LogP) is 4.73. The van der Waals surface area contributed by atoms with Gasteiger partial charge in [-0.3, -0.25) is 9.59 Å². The van der Waals surface area contributed by atoms with Gasteiger partial charge in [-0.25, -0.2) is 0 Å². The Kier molecular flexibility index (Phi) is 5.81. The third-order valence-electron chi connectivity index (χ3n) is 8.02. The number of hydrogen-bond donors (Lipinski definition) is 2. The van der Waals surface area contributed by atoms with Crippen molar-refractivity contribution in [2.45, 2.75) is 37.5 Å². The highest BCUT2D eigenvalue weighted by Gasteiger charge is 2.45. The Morgan fingerprint density at radius 2 is 1.89 bits per heavy atom. The van der Waals surface area contributed by atoms with Crippen LogP contribution in [0.4, 0.5) is 5.69 Å². The van der Waals surface area contributed by atoms with E-state index in [1.807, 2.05) is 11.0 Å². The zero-order valence-electron chi connectivity index (χ0n) is 19.9. The number of amides is 2. The van der Waals surface area contributed by atoms with Gasteiger partial charge in [0.2, 0.25) is 5.91 Å². The van der Waals surface area contributed by atoms with E-state index in [0.29, 0.717) is 35.5 Å². The van der Waals surface area contributed by atoms with Gasteiger partial charge in [0.25, 0.3) is 5.91 Å². The standard InChI is InChI=1S/C28H31ClN4O2/c29-24-16-30-25-8-3-20(14-23(24)25)27(35)31-15-19-13-26(34)33(17-19)22-6-4-21(5-7-22)28(9-10-28)18-32-11-1-2-12-32/h3-8,14,16,19,30H,1-2,9-13,15,17-18H2,(H,31,35). The third-order valence-corrected chi connectivity index (χ3v) is 8.33. The first-order valence-corrected chi connectivity index (χ1v) is 13.1. The monoisotopic (exact) mass is 490 g/mol. The van der Waals surface area contributed by atoms with Gasteiger partial charge in [0.15, 0.2) is 0 Å². The van der Waals surface area contributed by atoms with Crippen molar-refractivity contribution < 1.29 is 9.59 Å². The van der Waals surface area contributed by atoms with Gasteiger partial charge in [-0.2, -0.15) is 0 Å². The Bertz CT molecular complexity index is 1260. The predicted molar refractivity (Wildman–Crippen MR) is 139 cm³/mol. The summed E-state index contributed by atoms with van der Waals surface area (Å²) in [6.45, 7) is 4.72. The second-order valence-corrected chi connectivity index (χ2v) is 10.9. The Morgan fingerprint density at radius 1 is 1.11 bits per heavy atom. The molecule has 0 radical (unpaired) electrons.